The van der Waals surface area contributed by atoms with Gasteiger partial charge in [-0.25, -0.2) is 0 Å². The zero-order valence-electron chi connectivity index (χ0n) is 12.0. The number of rotatable bonds is 4. The first kappa shape index (κ1) is 14.8. The molecule has 3 rings (SSSR count). The molecule has 0 amide bonds. The zero-order chi connectivity index (χ0) is 14.7. The van der Waals surface area contributed by atoms with Crippen molar-refractivity contribution >= 4 is 29.2 Å². The molecule has 0 aliphatic carbocycles. The van der Waals surface area contributed by atoms with Crippen molar-refractivity contribution in [1.82, 2.24) is 10.1 Å². The van der Waals surface area contributed by atoms with E-state index in [4.69, 9.17) is 10.3 Å². The molecule has 0 spiro atoms. The molecule has 0 saturated carbocycles. The SMILES string of the molecule is CCC1SCCSC1c1noc(Cc2ccc(N)cc2)n1. The summed E-state index contributed by atoms with van der Waals surface area (Å²) in [5.74, 6) is 3.91. The van der Waals surface area contributed by atoms with Gasteiger partial charge in [0.25, 0.3) is 0 Å². The van der Waals surface area contributed by atoms with Crippen molar-refractivity contribution in [1.29, 1.82) is 0 Å². The highest BCUT2D eigenvalue weighted by Crippen LogP contribution is 2.42. The smallest absolute Gasteiger partial charge is 0.231 e. The minimum atomic E-state index is 0.359. The summed E-state index contributed by atoms with van der Waals surface area (Å²) in [6, 6.07) is 7.79. The second-order valence-corrected chi connectivity index (χ2v) is 7.67. The first-order valence-corrected chi connectivity index (χ1v) is 9.26. The van der Waals surface area contributed by atoms with Gasteiger partial charge in [-0.2, -0.15) is 16.7 Å². The molecule has 2 unspecified atom stereocenters. The summed E-state index contributed by atoms with van der Waals surface area (Å²) in [7, 11) is 0. The van der Waals surface area contributed by atoms with E-state index in [0.717, 1.165) is 29.2 Å². The molecule has 1 saturated heterocycles. The Kier molecular flexibility index (Phi) is 4.75. The molecular formula is C15H19N3OS2. The lowest BCUT2D eigenvalue weighted by Crippen LogP contribution is -2.19. The number of nitrogens with two attached hydrogens (primary N) is 1. The van der Waals surface area contributed by atoms with E-state index in [0.29, 0.717) is 22.8 Å². The van der Waals surface area contributed by atoms with Crippen LogP contribution in [-0.4, -0.2) is 26.9 Å². The van der Waals surface area contributed by atoms with Gasteiger partial charge in [-0.05, 0) is 24.1 Å². The van der Waals surface area contributed by atoms with E-state index in [9.17, 15) is 0 Å². The van der Waals surface area contributed by atoms with Crippen LogP contribution in [0.15, 0.2) is 28.8 Å². The quantitative estimate of drug-likeness (QED) is 0.869. The monoisotopic (exact) mass is 321 g/mol. The van der Waals surface area contributed by atoms with E-state index in [1.165, 1.54) is 5.75 Å². The zero-order valence-corrected chi connectivity index (χ0v) is 13.6. The molecule has 2 N–H and O–H groups in total. The normalized spacial score (nSPS) is 22.3. The van der Waals surface area contributed by atoms with Crippen LogP contribution in [-0.2, 0) is 6.42 Å². The van der Waals surface area contributed by atoms with Crippen LogP contribution in [0.1, 0.15) is 35.9 Å². The van der Waals surface area contributed by atoms with Gasteiger partial charge >= 0.3 is 0 Å². The molecule has 0 radical (unpaired) electrons. The van der Waals surface area contributed by atoms with Crippen molar-refractivity contribution in [3.63, 3.8) is 0 Å². The van der Waals surface area contributed by atoms with Crippen molar-refractivity contribution in [3.05, 3.63) is 41.5 Å². The maximum atomic E-state index is 5.70. The fourth-order valence-corrected chi connectivity index (χ4v) is 5.39. The molecule has 1 aromatic heterocycles. The highest BCUT2D eigenvalue weighted by molar-refractivity contribution is 8.06. The van der Waals surface area contributed by atoms with Crippen molar-refractivity contribution in [2.75, 3.05) is 17.2 Å². The highest BCUT2D eigenvalue weighted by Gasteiger charge is 2.30. The van der Waals surface area contributed by atoms with Gasteiger partial charge in [0, 0.05) is 22.4 Å². The largest absolute Gasteiger partial charge is 0.399 e. The molecule has 1 aliphatic rings. The first-order chi connectivity index (χ1) is 10.3. The van der Waals surface area contributed by atoms with Gasteiger partial charge in [0.2, 0.25) is 5.89 Å². The highest BCUT2D eigenvalue weighted by atomic mass is 32.2. The molecular weight excluding hydrogens is 302 g/mol. The molecule has 1 fully saturated rings. The topological polar surface area (TPSA) is 64.9 Å². The van der Waals surface area contributed by atoms with E-state index >= 15 is 0 Å². The Morgan fingerprint density at radius 2 is 2.00 bits per heavy atom. The van der Waals surface area contributed by atoms with Gasteiger partial charge in [0.15, 0.2) is 5.82 Å². The Morgan fingerprint density at radius 3 is 2.76 bits per heavy atom. The van der Waals surface area contributed by atoms with Crippen LogP contribution in [0.4, 0.5) is 5.69 Å². The minimum Gasteiger partial charge on any atom is -0.399 e. The molecule has 2 atom stereocenters. The Bertz CT molecular complexity index is 585. The van der Waals surface area contributed by atoms with Gasteiger partial charge in [-0.15, -0.1) is 11.8 Å². The summed E-state index contributed by atoms with van der Waals surface area (Å²) < 4.78 is 5.43. The molecule has 6 heteroatoms. The number of nitrogen functional groups attached to an aromatic ring is 1. The molecule has 0 bridgehead atoms. The third-order valence-corrected chi connectivity index (χ3v) is 6.77. The number of benzene rings is 1. The van der Waals surface area contributed by atoms with Crippen LogP contribution >= 0.6 is 23.5 Å². The second-order valence-electron chi connectivity index (χ2n) is 5.07. The predicted molar refractivity (Wildman–Crippen MR) is 89.7 cm³/mol. The minimum absolute atomic E-state index is 0.359. The number of hydrogen-bond acceptors (Lipinski definition) is 6. The Labute approximate surface area is 133 Å². The molecule has 1 aromatic carbocycles. The lowest BCUT2D eigenvalue weighted by molar-refractivity contribution is 0.378. The fourth-order valence-electron chi connectivity index (χ4n) is 2.41. The van der Waals surface area contributed by atoms with Crippen molar-refractivity contribution in [3.8, 4) is 0 Å². The summed E-state index contributed by atoms with van der Waals surface area (Å²) in [5, 5.41) is 5.15. The van der Waals surface area contributed by atoms with E-state index in [2.05, 4.69) is 17.1 Å². The molecule has 1 aliphatic heterocycles. The van der Waals surface area contributed by atoms with Crippen LogP contribution in [0.5, 0.6) is 0 Å². The summed E-state index contributed by atoms with van der Waals surface area (Å²) in [6.45, 7) is 2.23. The van der Waals surface area contributed by atoms with Crippen LogP contribution in [0, 0.1) is 0 Å². The van der Waals surface area contributed by atoms with E-state index < -0.39 is 0 Å². The maximum absolute atomic E-state index is 5.70. The van der Waals surface area contributed by atoms with E-state index in [1.54, 1.807) is 0 Å². The maximum Gasteiger partial charge on any atom is 0.231 e. The number of thioether (sulfide) groups is 2. The first-order valence-electron chi connectivity index (χ1n) is 7.16. The Morgan fingerprint density at radius 1 is 1.24 bits per heavy atom. The van der Waals surface area contributed by atoms with Crippen LogP contribution < -0.4 is 5.73 Å². The molecule has 2 heterocycles. The fraction of sp³-hybridized carbons (Fsp3) is 0.467. The average Bonchev–Trinajstić information content (AvgIpc) is 2.98. The van der Waals surface area contributed by atoms with Gasteiger partial charge in [0.05, 0.1) is 11.7 Å². The van der Waals surface area contributed by atoms with Crippen LogP contribution in [0.3, 0.4) is 0 Å². The Balaban J connectivity index is 1.72. The number of nitrogens with zero attached hydrogens (tertiary/aromatic N) is 2. The summed E-state index contributed by atoms with van der Waals surface area (Å²) in [4.78, 5) is 4.61. The number of anilines is 1. The standard InChI is InChI=1S/C15H19N3OS2/c1-2-12-14(21-8-7-20-12)15-17-13(19-18-15)9-10-3-5-11(16)6-4-10/h3-6,12,14H,2,7-9,16H2,1H3. The van der Waals surface area contributed by atoms with E-state index in [-0.39, 0.29) is 0 Å². The summed E-state index contributed by atoms with van der Waals surface area (Å²) in [6.07, 6.45) is 1.80. The molecule has 112 valence electrons. The number of hydrogen-bond donors (Lipinski definition) is 1. The Hall–Kier alpha value is -1.14. The van der Waals surface area contributed by atoms with E-state index in [1.807, 2.05) is 47.8 Å². The molecule has 2 aromatic rings. The van der Waals surface area contributed by atoms with Gasteiger partial charge < -0.3 is 10.3 Å². The third kappa shape index (κ3) is 3.55. The lowest BCUT2D eigenvalue weighted by Gasteiger charge is -2.27. The predicted octanol–water partition coefficient (Wildman–Crippen LogP) is 3.54. The van der Waals surface area contributed by atoms with Crippen LogP contribution in [0.25, 0.3) is 0 Å². The lowest BCUT2D eigenvalue weighted by atomic mass is 10.1. The molecule has 21 heavy (non-hydrogen) atoms. The molecule has 4 nitrogen and oxygen atoms in total. The number of aromatic nitrogens is 2. The van der Waals surface area contributed by atoms with Gasteiger partial charge in [0.1, 0.15) is 0 Å². The summed E-state index contributed by atoms with van der Waals surface area (Å²) >= 11 is 3.97. The van der Waals surface area contributed by atoms with Gasteiger partial charge in [-0.3, -0.25) is 0 Å². The van der Waals surface area contributed by atoms with Crippen molar-refractivity contribution < 1.29 is 4.52 Å². The average molecular weight is 321 g/mol. The van der Waals surface area contributed by atoms with Crippen molar-refractivity contribution in [2.45, 2.75) is 30.3 Å². The summed E-state index contributed by atoms with van der Waals surface area (Å²) in [5.41, 5.74) is 7.60. The van der Waals surface area contributed by atoms with Crippen LogP contribution in [0.2, 0.25) is 0 Å². The second kappa shape index (κ2) is 6.75. The van der Waals surface area contributed by atoms with Gasteiger partial charge in [-0.1, -0.05) is 24.2 Å². The third-order valence-electron chi connectivity index (χ3n) is 3.53. The van der Waals surface area contributed by atoms with Crippen molar-refractivity contribution in [2.24, 2.45) is 0 Å².